The second-order valence-corrected chi connectivity index (χ2v) is 7.89. The van der Waals surface area contributed by atoms with Gasteiger partial charge in [-0.3, -0.25) is 4.79 Å². The van der Waals surface area contributed by atoms with Gasteiger partial charge in [-0.1, -0.05) is 6.92 Å². The third-order valence-corrected chi connectivity index (χ3v) is 6.27. The van der Waals surface area contributed by atoms with E-state index in [1.807, 2.05) is 11.5 Å². The molecule has 0 radical (unpaired) electrons. The molecule has 0 unspecified atom stereocenters. The largest absolute Gasteiger partial charge is 0.458 e. The van der Waals surface area contributed by atoms with Gasteiger partial charge in [-0.25, -0.2) is 13.4 Å². The van der Waals surface area contributed by atoms with Gasteiger partial charge in [0.05, 0.1) is 29.1 Å². The fourth-order valence-corrected chi connectivity index (χ4v) is 4.39. The van der Waals surface area contributed by atoms with E-state index in [2.05, 4.69) is 4.98 Å². The minimum atomic E-state index is -3.57. The number of hydrogen-bond donors (Lipinski definition) is 0. The molecule has 2 aromatic rings. The number of rotatable bonds is 6. The maximum Gasteiger partial charge on any atom is 0.305 e. The number of esters is 1. The quantitative estimate of drug-likeness (QED) is 0.705. The average molecular weight is 381 g/mol. The topological polar surface area (TPSA) is 90.7 Å². The molecule has 3 rings (SSSR count). The Balaban J connectivity index is 1.94. The van der Waals surface area contributed by atoms with Crippen LogP contribution in [0.25, 0.3) is 11.0 Å². The first-order valence-corrected chi connectivity index (χ1v) is 10.1. The van der Waals surface area contributed by atoms with Crippen LogP contribution in [0.3, 0.4) is 0 Å². The van der Waals surface area contributed by atoms with Crippen molar-refractivity contribution in [3.8, 4) is 0 Å². The van der Waals surface area contributed by atoms with E-state index in [-0.39, 0.29) is 17.5 Å². The fraction of sp³-hybridized carbons (Fsp3) is 0.529. The third-order valence-electron chi connectivity index (χ3n) is 4.37. The van der Waals surface area contributed by atoms with Crippen LogP contribution in [-0.4, -0.2) is 54.5 Å². The summed E-state index contributed by atoms with van der Waals surface area (Å²) < 4.78 is 39.4. The van der Waals surface area contributed by atoms with Gasteiger partial charge in [0.1, 0.15) is 12.4 Å². The summed E-state index contributed by atoms with van der Waals surface area (Å²) in [5, 5.41) is 0. The highest BCUT2D eigenvalue weighted by Crippen LogP contribution is 2.24. The first kappa shape index (κ1) is 18.8. The number of nitrogens with zero attached hydrogens (tertiary/aromatic N) is 3. The Bertz CT molecular complexity index is 901. The number of hydrogen-bond acceptors (Lipinski definition) is 6. The van der Waals surface area contributed by atoms with Gasteiger partial charge in [-0.15, -0.1) is 0 Å². The maximum atomic E-state index is 12.8. The van der Waals surface area contributed by atoms with Crippen LogP contribution in [0, 0.1) is 0 Å². The molecule has 1 aliphatic heterocycles. The first-order valence-electron chi connectivity index (χ1n) is 8.70. The smallest absolute Gasteiger partial charge is 0.305 e. The molecule has 8 nitrogen and oxygen atoms in total. The van der Waals surface area contributed by atoms with Crippen molar-refractivity contribution in [2.24, 2.45) is 0 Å². The maximum absolute atomic E-state index is 12.8. The van der Waals surface area contributed by atoms with Crippen molar-refractivity contribution in [3.05, 3.63) is 24.0 Å². The van der Waals surface area contributed by atoms with Crippen molar-refractivity contribution in [3.63, 3.8) is 0 Å². The number of imidazole rings is 1. The summed E-state index contributed by atoms with van der Waals surface area (Å²) in [6.07, 6.45) is 0.300. The highest BCUT2D eigenvalue weighted by molar-refractivity contribution is 7.89. The molecule has 142 valence electrons. The normalized spacial score (nSPS) is 16.1. The number of benzene rings is 1. The number of sulfonamides is 1. The van der Waals surface area contributed by atoms with Gasteiger partial charge >= 0.3 is 5.97 Å². The van der Waals surface area contributed by atoms with E-state index in [0.29, 0.717) is 50.6 Å². The number of aromatic nitrogens is 2. The molecular weight excluding hydrogens is 358 g/mol. The monoisotopic (exact) mass is 381 g/mol. The summed E-state index contributed by atoms with van der Waals surface area (Å²) in [5.41, 5.74) is 1.39. The summed E-state index contributed by atoms with van der Waals surface area (Å²) in [6, 6.07) is 4.94. The predicted molar refractivity (Wildman–Crippen MR) is 95.1 cm³/mol. The minimum Gasteiger partial charge on any atom is -0.458 e. The van der Waals surface area contributed by atoms with Crippen LogP contribution in [0.4, 0.5) is 0 Å². The Morgan fingerprint density at radius 2 is 2.00 bits per heavy atom. The van der Waals surface area contributed by atoms with Gasteiger partial charge in [0.2, 0.25) is 10.0 Å². The Hall–Kier alpha value is -1.97. The Morgan fingerprint density at radius 3 is 2.65 bits per heavy atom. The molecule has 2 heterocycles. The van der Waals surface area contributed by atoms with Crippen LogP contribution in [0.15, 0.2) is 23.1 Å². The molecule has 9 heteroatoms. The van der Waals surface area contributed by atoms with E-state index < -0.39 is 10.0 Å². The highest BCUT2D eigenvalue weighted by atomic mass is 32.2. The molecule has 0 amide bonds. The van der Waals surface area contributed by atoms with Crippen molar-refractivity contribution in [2.75, 3.05) is 26.3 Å². The summed E-state index contributed by atoms with van der Waals surface area (Å²) in [6.45, 7) is 5.91. The van der Waals surface area contributed by atoms with E-state index in [0.717, 1.165) is 5.52 Å². The number of ether oxygens (including phenoxy) is 2. The van der Waals surface area contributed by atoms with Crippen LogP contribution in [0.1, 0.15) is 26.1 Å². The van der Waals surface area contributed by atoms with Gasteiger partial charge in [0.15, 0.2) is 0 Å². The number of carbonyl (C=O) groups is 1. The summed E-state index contributed by atoms with van der Waals surface area (Å²) in [4.78, 5) is 16.1. The molecule has 0 spiro atoms. The molecule has 0 saturated carbocycles. The van der Waals surface area contributed by atoms with Gasteiger partial charge in [0, 0.05) is 26.1 Å². The number of morpholine rings is 1. The van der Waals surface area contributed by atoms with Gasteiger partial charge in [-0.2, -0.15) is 4.31 Å². The highest BCUT2D eigenvalue weighted by Gasteiger charge is 2.27. The molecule has 1 aromatic heterocycles. The molecule has 0 N–H and O–H groups in total. The van der Waals surface area contributed by atoms with Crippen molar-refractivity contribution in [2.45, 2.75) is 38.3 Å². The summed E-state index contributed by atoms with van der Waals surface area (Å²) in [7, 11) is -3.57. The average Bonchev–Trinajstić information content (AvgIpc) is 3.03. The summed E-state index contributed by atoms with van der Waals surface area (Å²) >= 11 is 0. The van der Waals surface area contributed by atoms with Crippen LogP contribution in [-0.2, 0) is 37.4 Å². The molecule has 0 bridgehead atoms. The van der Waals surface area contributed by atoms with Crippen LogP contribution in [0.5, 0.6) is 0 Å². The van der Waals surface area contributed by atoms with E-state index in [9.17, 15) is 13.2 Å². The van der Waals surface area contributed by atoms with Gasteiger partial charge in [0.25, 0.3) is 0 Å². The lowest BCUT2D eigenvalue weighted by atomic mass is 10.3. The van der Waals surface area contributed by atoms with Crippen molar-refractivity contribution < 1.29 is 22.7 Å². The third kappa shape index (κ3) is 3.60. The molecule has 0 atom stereocenters. The molecule has 0 aliphatic carbocycles. The molecule has 1 saturated heterocycles. The Morgan fingerprint density at radius 1 is 1.27 bits per heavy atom. The van der Waals surface area contributed by atoms with Gasteiger partial charge < -0.3 is 14.0 Å². The SMILES string of the molecule is CCC(=O)OCc1nc2cc(S(=O)(=O)N3CCOCC3)ccc2n1CC. The second-order valence-electron chi connectivity index (χ2n) is 5.95. The lowest BCUT2D eigenvalue weighted by Crippen LogP contribution is -2.40. The zero-order valence-electron chi connectivity index (χ0n) is 15.0. The lowest BCUT2D eigenvalue weighted by molar-refractivity contribution is -0.144. The van der Waals surface area contributed by atoms with Gasteiger partial charge in [-0.05, 0) is 25.1 Å². The Kier molecular flexibility index (Phi) is 5.59. The van der Waals surface area contributed by atoms with E-state index >= 15 is 0 Å². The molecule has 1 aliphatic rings. The Labute approximate surface area is 152 Å². The minimum absolute atomic E-state index is 0.0702. The molecule has 1 aromatic carbocycles. The van der Waals surface area contributed by atoms with Crippen molar-refractivity contribution in [1.29, 1.82) is 0 Å². The van der Waals surface area contributed by atoms with Crippen LogP contribution >= 0.6 is 0 Å². The standard InChI is InChI=1S/C17H23N3O5S/c1-3-17(21)25-12-16-18-14-11-13(5-6-15(14)20(16)4-2)26(22,23)19-7-9-24-10-8-19/h5-6,11H,3-4,7-10,12H2,1-2H3. The number of fused-ring (bicyclic) bond motifs is 1. The first-order chi connectivity index (χ1) is 12.5. The number of aryl methyl sites for hydroxylation is 1. The fourth-order valence-electron chi connectivity index (χ4n) is 2.97. The van der Waals surface area contributed by atoms with E-state index in [4.69, 9.17) is 9.47 Å². The van der Waals surface area contributed by atoms with Crippen molar-refractivity contribution >= 4 is 27.0 Å². The zero-order chi connectivity index (χ0) is 18.7. The summed E-state index contributed by atoms with van der Waals surface area (Å²) in [5.74, 6) is 0.306. The van der Waals surface area contributed by atoms with Crippen molar-refractivity contribution in [1.82, 2.24) is 13.9 Å². The van der Waals surface area contributed by atoms with E-state index in [1.54, 1.807) is 25.1 Å². The lowest BCUT2D eigenvalue weighted by Gasteiger charge is -2.26. The number of carbonyl (C=O) groups excluding carboxylic acids is 1. The second kappa shape index (κ2) is 7.73. The van der Waals surface area contributed by atoms with Crippen LogP contribution in [0.2, 0.25) is 0 Å². The molecule has 1 fully saturated rings. The predicted octanol–water partition coefficient (Wildman–Crippen LogP) is 1.53. The van der Waals surface area contributed by atoms with Crippen LogP contribution < -0.4 is 0 Å². The van der Waals surface area contributed by atoms with E-state index in [1.165, 1.54) is 4.31 Å². The molecular formula is C17H23N3O5S. The zero-order valence-corrected chi connectivity index (χ0v) is 15.8. The molecule has 26 heavy (non-hydrogen) atoms.